The molecule has 0 saturated carbocycles. The Morgan fingerprint density at radius 1 is 1.06 bits per heavy atom. The molecule has 2 N–H and O–H groups in total. The van der Waals surface area contributed by atoms with Gasteiger partial charge in [0.15, 0.2) is 12.6 Å². The van der Waals surface area contributed by atoms with Crippen LogP contribution in [0.25, 0.3) is 0 Å². The van der Waals surface area contributed by atoms with Gasteiger partial charge in [-0.1, -0.05) is 24.3 Å². The molecule has 0 aromatic heterocycles. The molecule has 0 spiro atoms. The summed E-state index contributed by atoms with van der Waals surface area (Å²) in [5, 5.41) is 6.30. The van der Waals surface area contributed by atoms with E-state index in [1.165, 1.54) is 11.0 Å². The summed E-state index contributed by atoms with van der Waals surface area (Å²) < 4.78 is 41.7. The number of nitrogens with one attached hydrogen (secondary N) is 2. The Morgan fingerprint density at radius 3 is 2.41 bits per heavy atom. The van der Waals surface area contributed by atoms with Crippen molar-refractivity contribution in [3.05, 3.63) is 65.2 Å². The summed E-state index contributed by atoms with van der Waals surface area (Å²) in [4.78, 5) is 17.8. The highest BCUT2D eigenvalue weighted by molar-refractivity contribution is 14.0. The van der Waals surface area contributed by atoms with Crippen molar-refractivity contribution in [3.8, 4) is 5.75 Å². The normalized spacial score (nSPS) is 11.4. The second-order valence-electron chi connectivity index (χ2n) is 7.05. The third-order valence-corrected chi connectivity index (χ3v) is 4.27. The van der Waals surface area contributed by atoms with E-state index in [2.05, 4.69) is 15.6 Å². The number of ether oxygens (including phenoxy) is 1. The van der Waals surface area contributed by atoms with E-state index < -0.39 is 12.8 Å². The van der Waals surface area contributed by atoms with Crippen molar-refractivity contribution in [1.29, 1.82) is 0 Å². The first-order valence-corrected chi connectivity index (χ1v) is 9.71. The van der Waals surface area contributed by atoms with Crippen LogP contribution in [0.4, 0.5) is 13.2 Å². The van der Waals surface area contributed by atoms with E-state index in [9.17, 15) is 18.0 Å². The fraction of sp³-hybridized carbons (Fsp3) is 0.364. The Hall–Kier alpha value is -2.50. The molecule has 10 heteroatoms. The average molecular weight is 564 g/mol. The van der Waals surface area contributed by atoms with Gasteiger partial charge in [0.25, 0.3) is 5.91 Å². The van der Waals surface area contributed by atoms with Crippen LogP contribution in [0, 0.1) is 0 Å². The molecule has 1 amide bonds. The number of benzene rings is 2. The molecule has 0 aliphatic carbocycles. The summed E-state index contributed by atoms with van der Waals surface area (Å²) in [5.74, 6) is 0.669. The first-order valence-electron chi connectivity index (χ1n) is 9.71. The van der Waals surface area contributed by atoms with Gasteiger partial charge in [0.2, 0.25) is 0 Å². The van der Waals surface area contributed by atoms with Crippen molar-refractivity contribution < 1.29 is 22.7 Å². The highest BCUT2D eigenvalue weighted by Crippen LogP contribution is 2.19. The second-order valence-corrected chi connectivity index (χ2v) is 7.05. The Kier molecular flexibility index (Phi) is 11.3. The quantitative estimate of drug-likeness (QED) is 0.291. The molecule has 0 heterocycles. The van der Waals surface area contributed by atoms with Crippen molar-refractivity contribution >= 4 is 35.8 Å². The van der Waals surface area contributed by atoms with E-state index in [1.54, 1.807) is 45.4 Å². The smallest absolute Gasteiger partial charge is 0.422 e. The number of guanidine groups is 1. The van der Waals surface area contributed by atoms with E-state index in [4.69, 9.17) is 4.74 Å². The molecule has 0 aliphatic heterocycles. The van der Waals surface area contributed by atoms with Crippen LogP contribution in [0.2, 0.25) is 0 Å². The lowest BCUT2D eigenvalue weighted by Crippen LogP contribution is -2.37. The minimum atomic E-state index is -4.38. The van der Waals surface area contributed by atoms with E-state index in [-0.39, 0.29) is 35.6 Å². The third kappa shape index (κ3) is 9.75. The van der Waals surface area contributed by atoms with Gasteiger partial charge in [0, 0.05) is 39.8 Å². The van der Waals surface area contributed by atoms with Crippen LogP contribution in [-0.2, 0) is 13.0 Å². The van der Waals surface area contributed by atoms with Crippen molar-refractivity contribution in [2.75, 3.05) is 34.3 Å². The summed E-state index contributed by atoms with van der Waals surface area (Å²) >= 11 is 0. The molecule has 176 valence electrons. The summed E-state index contributed by atoms with van der Waals surface area (Å²) in [6.07, 6.45) is -3.69. The van der Waals surface area contributed by atoms with Crippen LogP contribution in [0.3, 0.4) is 0 Å². The lowest BCUT2D eigenvalue weighted by molar-refractivity contribution is -0.153. The molecule has 32 heavy (non-hydrogen) atoms. The third-order valence-electron chi connectivity index (χ3n) is 4.27. The summed E-state index contributed by atoms with van der Waals surface area (Å²) in [5.41, 5.74) is 2.42. The fourth-order valence-electron chi connectivity index (χ4n) is 2.76. The highest BCUT2D eigenvalue weighted by atomic mass is 127. The maximum absolute atomic E-state index is 12.3. The molecule has 2 aromatic carbocycles. The molecule has 0 aliphatic rings. The number of hydrogen-bond donors (Lipinski definition) is 2. The Balaban J connectivity index is 0.00000512. The van der Waals surface area contributed by atoms with Gasteiger partial charge in [-0.05, 0) is 41.8 Å². The number of halogens is 4. The van der Waals surface area contributed by atoms with Gasteiger partial charge in [0.05, 0.1) is 0 Å². The van der Waals surface area contributed by atoms with E-state index >= 15 is 0 Å². The van der Waals surface area contributed by atoms with E-state index in [0.29, 0.717) is 31.0 Å². The number of carbonyl (C=O) groups is 1. The average Bonchev–Trinajstić information content (AvgIpc) is 2.74. The molecule has 0 bridgehead atoms. The van der Waals surface area contributed by atoms with Crippen LogP contribution < -0.4 is 15.4 Å². The van der Waals surface area contributed by atoms with Gasteiger partial charge in [-0.25, -0.2) is 0 Å². The zero-order valence-electron chi connectivity index (χ0n) is 18.2. The minimum absolute atomic E-state index is 0. The van der Waals surface area contributed by atoms with Crippen molar-refractivity contribution in [3.63, 3.8) is 0 Å². The maximum atomic E-state index is 12.3. The number of rotatable bonds is 8. The van der Waals surface area contributed by atoms with Crippen LogP contribution >= 0.6 is 24.0 Å². The van der Waals surface area contributed by atoms with Crippen molar-refractivity contribution in [1.82, 2.24) is 15.5 Å². The lowest BCUT2D eigenvalue weighted by Gasteiger charge is -2.14. The molecule has 0 radical (unpaired) electrons. The zero-order valence-corrected chi connectivity index (χ0v) is 20.5. The molecule has 6 nitrogen and oxygen atoms in total. The first-order chi connectivity index (χ1) is 14.7. The fourth-order valence-corrected chi connectivity index (χ4v) is 2.76. The summed E-state index contributed by atoms with van der Waals surface area (Å²) in [7, 11) is 5.06. The SMILES string of the molecule is CN=C(NCCc1cccc(C(=O)N(C)C)c1)NCc1cccc(OCC(F)(F)F)c1.I. The number of nitrogens with zero attached hydrogens (tertiary/aromatic N) is 2. The van der Waals surface area contributed by atoms with Gasteiger partial charge in [-0.2, -0.15) is 13.2 Å². The molecule has 0 fully saturated rings. The largest absolute Gasteiger partial charge is 0.484 e. The highest BCUT2D eigenvalue weighted by Gasteiger charge is 2.28. The van der Waals surface area contributed by atoms with E-state index in [0.717, 1.165) is 11.1 Å². The standard InChI is InChI=1S/C22H27F3N4O2.HI/c1-26-21(27-11-10-16-6-4-8-18(12-16)20(30)29(2)3)28-14-17-7-5-9-19(13-17)31-15-22(23,24)25;/h4-9,12-13H,10-11,14-15H2,1-3H3,(H2,26,27,28);1H. The van der Waals surface area contributed by atoms with Gasteiger partial charge in [-0.3, -0.25) is 9.79 Å². The minimum Gasteiger partial charge on any atom is -0.484 e. The monoisotopic (exact) mass is 564 g/mol. The first kappa shape index (κ1) is 27.5. The molecule has 2 aromatic rings. The summed E-state index contributed by atoms with van der Waals surface area (Å²) in [6, 6.07) is 13.9. The zero-order chi connectivity index (χ0) is 22.9. The molecular formula is C22H28F3IN4O2. The Morgan fingerprint density at radius 2 is 1.75 bits per heavy atom. The molecule has 2 rings (SSSR count). The lowest BCUT2D eigenvalue weighted by atomic mass is 10.1. The van der Waals surface area contributed by atoms with Crippen LogP contribution in [0.1, 0.15) is 21.5 Å². The van der Waals surface area contributed by atoms with Crippen LogP contribution in [-0.4, -0.2) is 57.2 Å². The Labute approximate surface area is 203 Å². The van der Waals surface area contributed by atoms with Crippen LogP contribution in [0.5, 0.6) is 5.75 Å². The maximum Gasteiger partial charge on any atom is 0.422 e. The number of alkyl halides is 3. The number of amides is 1. The van der Waals surface area contributed by atoms with Crippen molar-refractivity contribution in [2.24, 2.45) is 4.99 Å². The predicted octanol–water partition coefficient (Wildman–Crippen LogP) is 3.86. The van der Waals surface area contributed by atoms with Gasteiger partial charge >= 0.3 is 6.18 Å². The Bertz CT molecular complexity index is 905. The number of aliphatic imine (C=N–C) groups is 1. The summed E-state index contributed by atoms with van der Waals surface area (Å²) in [6.45, 7) is -0.363. The van der Waals surface area contributed by atoms with Gasteiger partial charge < -0.3 is 20.3 Å². The van der Waals surface area contributed by atoms with E-state index in [1.807, 2.05) is 18.2 Å². The van der Waals surface area contributed by atoms with Gasteiger partial charge in [0.1, 0.15) is 5.75 Å². The molecular weight excluding hydrogens is 536 g/mol. The van der Waals surface area contributed by atoms with Gasteiger partial charge in [-0.15, -0.1) is 24.0 Å². The second kappa shape index (κ2) is 13.1. The molecule has 0 unspecified atom stereocenters. The van der Waals surface area contributed by atoms with Crippen molar-refractivity contribution in [2.45, 2.75) is 19.1 Å². The van der Waals surface area contributed by atoms with Crippen LogP contribution in [0.15, 0.2) is 53.5 Å². The topological polar surface area (TPSA) is 66.0 Å². The number of carbonyl (C=O) groups excluding carboxylic acids is 1. The molecule has 0 atom stereocenters. The number of hydrogen-bond acceptors (Lipinski definition) is 3. The molecule has 0 saturated heterocycles. The predicted molar refractivity (Wildman–Crippen MR) is 130 cm³/mol.